The van der Waals surface area contributed by atoms with Gasteiger partial charge in [0.1, 0.15) is 17.7 Å². The Morgan fingerprint density at radius 3 is 2.44 bits per heavy atom. The first kappa shape index (κ1) is 24.1. The minimum atomic E-state index is -0.746. The molecule has 10 heteroatoms. The third kappa shape index (κ3) is 5.59. The molecule has 0 bridgehead atoms. The second-order valence-electron chi connectivity index (χ2n) is 9.05. The maximum Gasteiger partial charge on any atom is 0.251 e. The maximum absolute atomic E-state index is 13.5. The third-order valence-corrected chi connectivity index (χ3v) is 7.00. The molecule has 186 valence electrons. The van der Waals surface area contributed by atoms with Crippen LogP contribution in [0.3, 0.4) is 0 Å². The average molecular weight is 511 g/mol. The monoisotopic (exact) mass is 510 g/mol. The molecule has 2 aromatic carbocycles. The van der Waals surface area contributed by atoms with Crippen LogP contribution in [0.5, 0.6) is 0 Å². The Labute approximate surface area is 210 Å². The number of nitrogens with one attached hydrogen (secondary N) is 2. The zero-order chi connectivity index (χ0) is 25.2. The lowest BCUT2D eigenvalue weighted by Crippen LogP contribution is -2.43. The van der Waals surface area contributed by atoms with Crippen LogP contribution in [-0.2, 0) is 16.0 Å². The summed E-state index contributed by atoms with van der Waals surface area (Å²) < 4.78 is 27.0. The van der Waals surface area contributed by atoms with Crippen molar-refractivity contribution in [2.75, 3.05) is 11.9 Å². The summed E-state index contributed by atoms with van der Waals surface area (Å²) in [5.74, 6) is -2.29. The van der Waals surface area contributed by atoms with Gasteiger partial charge < -0.3 is 15.5 Å². The molecule has 1 atom stereocenters. The average Bonchev–Trinajstić information content (AvgIpc) is 3.31. The summed E-state index contributed by atoms with van der Waals surface area (Å²) in [6.07, 6.45) is 3.02. The number of thiazole rings is 1. The number of amides is 3. The number of halogens is 2. The number of hydrogen-bond acceptors (Lipinski definition) is 5. The van der Waals surface area contributed by atoms with E-state index >= 15 is 0 Å². The lowest BCUT2D eigenvalue weighted by molar-refractivity contribution is -0.136. The van der Waals surface area contributed by atoms with E-state index in [0.717, 1.165) is 36.6 Å². The zero-order valence-corrected chi connectivity index (χ0v) is 20.1. The summed E-state index contributed by atoms with van der Waals surface area (Å²) >= 11 is 1.27. The normalized spacial score (nSPS) is 17.2. The zero-order valence-electron chi connectivity index (χ0n) is 19.3. The van der Waals surface area contributed by atoms with Crippen molar-refractivity contribution in [3.05, 3.63) is 70.6 Å². The molecule has 3 amide bonds. The Morgan fingerprint density at radius 1 is 1.03 bits per heavy atom. The Morgan fingerprint density at radius 2 is 1.75 bits per heavy atom. The van der Waals surface area contributed by atoms with Gasteiger partial charge >= 0.3 is 0 Å². The highest BCUT2D eigenvalue weighted by molar-refractivity contribution is 7.14. The van der Waals surface area contributed by atoms with Gasteiger partial charge in [-0.2, -0.15) is 0 Å². The smallest absolute Gasteiger partial charge is 0.251 e. The van der Waals surface area contributed by atoms with Gasteiger partial charge in [0.15, 0.2) is 5.13 Å². The van der Waals surface area contributed by atoms with Gasteiger partial charge in [-0.05, 0) is 55.5 Å². The summed E-state index contributed by atoms with van der Waals surface area (Å²) in [6.45, 7) is 0.401. The molecule has 1 saturated carbocycles. The minimum absolute atomic E-state index is 0.0894. The number of carbonyl (C=O) groups excluding carboxylic acids is 3. The molecule has 3 aromatic rings. The molecular formula is C26H24F2N4O3S. The van der Waals surface area contributed by atoms with Gasteiger partial charge in [-0.1, -0.05) is 12.1 Å². The highest BCUT2D eigenvalue weighted by atomic mass is 32.1. The van der Waals surface area contributed by atoms with Crippen LogP contribution in [0.15, 0.2) is 47.8 Å². The van der Waals surface area contributed by atoms with Crippen LogP contribution in [0.2, 0.25) is 0 Å². The van der Waals surface area contributed by atoms with E-state index < -0.39 is 17.7 Å². The van der Waals surface area contributed by atoms with Gasteiger partial charge in [-0.15, -0.1) is 11.3 Å². The summed E-state index contributed by atoms with van der Waals surface area (Å²) in [5, 5.41) is 7.95. The molecule has 36 heavy (non-hydrogen) atoms. The molecule has 2 heterocycles. The van der Waals surface area contributed by atoms with Crippen molar-refractivity contribution in [3.8, 4) is 11.3 Å². The molecule has 0 unspecified atom stereocenters. The molecule has 1 aliphatic heterocycles. The van der Waals surface area contributed by atoms with Crippen LogP contribution in [0.25, 0.3) is 11.3 Å². The third-order valence-electron chi connectivity index (χ3n) is 6.24. The lowest BCUT2D eigenvalue weighted by Gasteiger charge is -2.23. The van der Waals surface area contributed by atoms with Gasteiger partial charge in [-0.25, -0.2) is 13.8 Å². The van der Waals surface area contributed by atoms with Crippen molar-refractivity contribution in [3.63, 3.8) is 0 Å². The second-order valence-corrected chi connectivity index (χ2v) is 9.91. The van der Waals surface area contributed by atoms with Crippen molar-refractivity contribution < 1.29 is 23.2 Å². The van der Waals surface area contributed by atoms with Crippen molar-refractivity contribution in [2.45, 2.75) is 44.2 Å². The molecule has 0 radical (unpaired) electrons. The van der Waals surface area contributed by atoms with Crippen molar-refractivity contribution in [1.82, 2.24) is 15.2 Å². The van der Waals surface area contributed by atoms with Crippen LogP contribution >= 0.6 is 11.3 Å². The maximum atomic E-state index is 13.5. The molecule has 1 aromatic heterocycles. The standard InChI is InChI=1S/C26H24F2N4O3S/c27-18-10-15(11-19(28)13-18)12-23(33)32-9-1-2-22(32)25(35)31-26-30-21(14-36-26)16-3-5-17(6-4-16)24(34)29-20-7-8-20/h3-6,10-11,13-14,20,22H,1-2,7-9,12H2,(H,29,34)(H,30,31,35)/t22-/m1/s1. The van der Waals surface area contributed by atoms with Gasteiger partial charge in [0.2, 0.25) is 11.8 Å². The largest absolute Gasteiger partial charge is 0.349 e. The summed E-state index contributed by atoms with van der Waals surface area (Å²) in [5.41, 5.74) is 2.29. The molecule has 5 rings (SSSR count). The number of carbonyl (C=O) groups is 3. The highest BCUT2D eigenvalue weighted by Gasteiger charge is 2.34. The molecular weight excluding hydrogens is 486 g/mol. The number of rotatable bonds is 7. The van der Waals surface area contributed by atoms with Gasteiger partial charge in [0.25, 0.3) is 5.91 Å². The Balaban J connectivity index is 1.20. The predicted molar refractivity (Wildman–Crippen MR) is 131 cm³/mol. The lowest BCUT2D eigenvalue weighted by atomic mass is 10.1. The fourth-order valence-electron chi connectivity index (χ4n) is 4.27. The molecule has 2 N–H and O–H groups in total. The first-order valence-electron chi connectivity index (χ1n) is 11.8. The fourth-order valence-corrected chi connectivity index (χ4v) is 4.99. The topological polar surface area (TPSA) is 91.4 Å². The molecule has 0 spiro atoms. The number of likely N-dealkylation sites (tertiary alicyclic amines) is 1. The Hall–Kier alpha value is -3.66. The van der Waals surface area contributed by atoms with E-state index in [1.807, 2.05) is 17.5 Å². The fraction of sp³-hybridized carbons (Fsp3) is 0.308. The van der Waals surface area contributed by atoms with Gasteiger partial charge in [0.05, 0.1) is 12.1 Å². The second kappa shape index (κ2) is 10.1. The Kier molecular flexibility index (Phi) is 6.77. The molecule has 2 aliphatic rings. The number of aromatic nitrogens is 1. The Bertz CT molecular complexity index is 1290. The predicted octanol–water partition coefficient (Wildman–Crippen LogP) is 4.15. The van der Waals surface area contributed by atoms with Crippen molar-refractivity contribution in [2.24, 2.45) is 0 Å². The molecule has 7 nitrogen and oxygen atoms in total. The molecule has 1 saturated heterocycles. The number of nitrogens with zero attached hydrogens (tertiary/aromatic N) is 2. The van der Waals surface area contributed by atoms with Crippen LogP contribution in [0.4, 0.5) is 13.9 Å². The van der Waals surface area contributed by atoms with E-state index in [4.69, 9.17) is 0 Å². The summed E-state index contributed by atoms with van der Waals surface area (Å²) in [6, 6.07) is 9.73. The van der Waals surface area contributed by atoms with Crippen molar-refractivity contribution in [1.29, 1.82) is 0 Å². The highest BCUT2D eigenvalue weighted by Crippen LogP contribution is 2.27. The first-order chi connectivity index (χ1) is 17.4. The molecule has 1 aliphatic carbocycles. The van der Waals surface area contributed by atoms with Crippen LogP contribution in [0, 0.1) is 11.6 Å². The number of anilines is 1. The van der Waals surface area contributed by atoms with Gasteiger partial charge in [0, 0.05) is 35.2 Å². The van der Waals surface area contributed by atoms with Crippen LogP contribution in [-0.4, -0.2) is 46.2 Å². The van der Waals surface area contributed by atoms with E-state index in [0.29, 0.717) is 35.8 Å². The van der Waals surface area contributed by atoms with Gasteiger partial charge in [-0.3, -0.25) is 14.4 Å². The summed E-state index contributed by atoms with van der Waals surface area (Å²) in [7, 11) is 0. The van der Waals surface area contributed by atoms with E-state index in [1.54, 1.807) is 12.1 Å². The number of benzene rings is 2. The first-order valence-corrected chi connectivity index (χ1v) is 12.7. The van der Waals surface area contributed by atoms with E-state index in [-0.39, 0.29) is 35.7 Å². The minimum Gasteiger partial charge on any atom is -0.349 e. The van der Waals surface area contributed by atoms with E-state index in [1.165, 1.54) is 16.2 Å². The molecule has 2 fully saturated rings. The van der Waals surface area contributed by atoms with E-state index in [2.05, 4.69) is 15.6 Å². The quantitative estimate of drug-likeness (QED) is 0.500. The van der Waals surface area contributed by atoms with Crippen LogP contribution in [0.1, 0.15) is 41.6 Å². The number of hydrogen-bond donors (Lipinski definition) is 2. The SMILES string of the molecule is O=C(NC1CC1)c1ccc(-c2csc(NC(=O)[C@H]3CCCN3C(=O)Cc3cc(F)cc(F)c3)n2)cc1. The van der Waals surface area contributed by atoms with E-state index in [9.17, 15) is 23.2 Å². The van der Waals surface area contributed by atoms with Crippen molar-refractivity contribution >= 4 is 34.2 Å². The summed E-state index contributed by atoms with van der Waals surface area (Å²) in [4.78, 5) is 43.8. The van der Waals surface area contributed by atoms with Crippen LogP contribution < -0.4 is 10.6 Å².